The van der Waals surface area contributed by atoms with Crippen molar-refractivity contribution >= 4 is 34.7 Å². The van der Waals surface area contributed by atoms with E-state index in [4.69, 9.17) is 21.1 Å². The van der Waals surface area contributed by atoms with Crippen LogP contribution in [0.25, 0.3) is 5.76 Å². The smallest absolute Gasteiger partial charge is 0.300 e. The molecule has 0 aliphatic carbocycles. The quantitative estimate of drug-likeness (QED) is 0.308. The summed E-state index contributed by atoms with van der Waals surface area (Å²) in [6.07, 6.45) is 0.718. The van der Waals surface area contributed by atoms with Crippen LogP contribution in [0.3, 0.4) is 0 Å². The second kappa shape index (κ2) is 8.88. The maximum absolute atomic E-state index is 13.3. The molecule has 2 aliphatic rings. The third kappa shape index (κ3) is 3.80. The van der Waals surface area contributed by atoms with Crippen molar-refractivity contribution in [1.82, 2.24) is 0 Å². The Kier molecular flexibility index (Phi) is 5.75. The molecule has 172 valence electrons. The van der Waals surface area contributed by atoms with Gasteiger partial charge in [0.25, 0.3) is 11.7 Å². The lowest BCUT2D eigenvalue weighted by Crippen LogP contribution is -2.29. The second-order valence-electron chi connectivity index (χ2n) is 8.07. The number of benzene rings is 3. The van der Waals surface area contributed by atoms with Gasteiger partial charge >= 0.3 is 0 Å². The summed E-state index contributed by atoms with van der Waals surface area (Å²) in [5, 5.41) is 11.8. The molecule has 1 saturated heterocycles. The number of aliphatic hydroxyl groups excluding tert-OH is 1. The standard InChI is InChI=1S/C27H22ClNO5/c1-2-33-21-9-6-16(7-10-21)24-23(25(30)18-8-11-22-17(14-18)12-13-34-22)26(31)27(32)29(24)20-5-3-4-19(28)15-20/h3-11,14-15,24,30H,2,12-13H2,1H3/b25-23-. The minimum Gasteiger partial charge on any atom is -0.507 e. The molecule has 5 rings (SSSR count). The molecule has 0 bridgehead atoms. The van der Waals surface area contributed by atoms with Crippen LogP contribution in [-0.4, -0.2) is 30.0 Å². The molecule has 1 N–H and O–H groups in total. The number of nitrogens with zero attached hydrogens (tertiary/aromatic N) is 1. The zero-order valence-electron chi connectivity index (χ0n) is 18.5. The van der Waals surface area contributed by atoms with Crippen LogP contribution in [0, 0.1) is 0 Å². The number of halogens is 1. The van der Waals surface area contributed by atoms with Crippen molar-refractivity contribution < 1.29 is 24.2 Å². The number of carbonyl (C=O) groups is 2. The molecule has 0 spiro atoms. The van der Waals surface area contributed by atoms with Gasteiger partial charge in [-0.1, -0.05) is 29.8 Å². The summed E-state index contributed by atoms with van der Waals surface area (Å²) in [7, 11) is 0. The molecule has 6 nitrogen and oxygen atoms in total. The molecule has 3 aromatic carbocycles. The van der Waals surface area contributed by atoms with Crippen molar-refractivity contribution in [2.45, 2.75) is 19.4 Å². The molecule has 1 amide bonds. The molecule has 2 heterocycles. The fourth-order valence-corrected chi connectivity index (χ4v) is 4.63. The molecule has 34 heavy (non-hydrogen) atoms. The highest BCUT2D eigenvalue weighted by molar-refractivity contribution is 6.51. The molecule has 0 radical (unpaired) electrons. The van der Waals surface area contributed by atoms with Crippen molar-refractivity contribution in [1.29, 1.82) is 0 Å². The average Bonchev–Trinajstić information content (AvgIpc) is 3.41. The highest BCUT2D eigenvalue weighted by Gasteiger charge is 2.47. The molecule has 1 unspecified atom stereocenters. The van der Waals surface area contributed by atoms with Gasteiger partial charge in [-0.3, -0.25) is 14.5 Å². The third-order valence-electron chi connectivity index (χ3n) is 6.00. The maximum atomic E-state index is 13.3. The summed E-state index contributed by atoms with van der Waals surface area (Å²) >= 11 is 6.19. The van der Waals surface area contributed by atoms with Crippen molar-refractivity contribution in [3.8, 4) is 11.5 Å². The van der Waals surface area contributed by atoms with Gasteiger partial charge in [0, 0.05) is 22.7 Å². The van der Waals surface area contributed by atoms with Crippen molar-refractivity contribution in [3.05, 3.63) is 94.0 Å². The summed E-state index contributed by atoms with van der Waals surface area (Å²) in [5.41, 5.74) is 2.56. The molecule has 0 aromatic heterocycles. The van der Waals surface area contributed by atoms with E-state index >= 15 is 0 Å². The van der Waals surface area contributed by atoms with E-state index in [9.17, 15) is 14.7 Å². The van der Waals surface area contributed by atoms with Crippen LogP contribution in [0.2, 0.25) is 5.02 Å². The highest BCUT2D eigenvalue weighted by atomic mass is 35.5. The Morgan fingerprint density at radius 3 is 2.65 bits per heavy atom. The van der Waals surface area contributed by atoms with Gasteiger partial charge in [-0.2, -0.15) is 0 Å². The SMILES string of the molecule is CCOc1ccc(C2/C(=C(/O)c3ccc4c(c3)CCO4)C(=O)C(=O)N2c2cccc(Cl)c2)cc1. The fourth-order valence-electron chi connectivity index (χ4n) is 4.44. The summed E-state index contributed by atoms with van der Waals surface area (Å²) in [4.78, 5) is 27.9. The minimum atomic E-state index is -0.835. The Morgan fingerprint density at radius 1 is 1.12 bits per heavy atom. The van der Waals surface area contributed by atoms with Crippen LogP contribution >= 0.6 is 11.6 Å². The van der Waals surface area contributed by atoms with Crippen LogP contribution in [0.1, 0.15) is 29.7 Å². The van der Waals surface area contributed by atoms with E-state index in [-0.39, 0.29) is 11.3 Å². The monoisotopic (exact) mass is 475 g/mol. The van der Waals surface area contributed by atoms with Crippen LogP contribution in [-0.2, 0) is 16.0 Å². The Labute approximate surface area is 202 Å². The third-order valence-corrected chi connectivity index (χ3v) is 6.24. The summed E-state index contributed by atoms with van der Waals surface area (Å²) in [6, 6.07) is 18.3. The van der Waals surface area contributed by atoms with Gasteiger partial charge < -0.3 is 14.6 Å². The van der Waals surface area contributed by atoms with Gasteiger partial charge in [0.05, 0.1) is 24.8 Å². The first kappa shape index (κ1) is 22.0. The normalized spacial score (nSPS) is 18.6. The lowest BCUT2D eigenvalue weighted by atomic mass is 9.94. The number of amides is 1. The first-order chi connectivity index (χ1) is 16.5. The Morgan fingerprint density at radius 2 is 1.91 bits per heavy atom. The first-order valence-corrected chi connectivity index (χ1v) is 11.4. The van der Waals surface area contributed by atoms with E-state index in [1.807, 2.05) is 6.92 Å². The predicted octanol–water partition coefficient (Wildman–Crippen LogP) is 5.30. The summed E-state index contributed by atoms with van der Waals surface area (Å²) in [5.74, 6) is -0.277. The van der Waals surface area contributed by atoms with Gasteiger partial charge in [-0.25, -0.2) is 0 Å². The number of hydrogen-bond donors (Lipinski definition) is 1. The number of ether oxygens (including phenoxy) is 2. The Balaban J connectivity index is 1.68. The molecule has 7 heteroatoms. The lowest BCUT2D eigenvalue weighted by Gasteiger charge is -2.25. The van der Waals surface area contributed by atoms with Gasteiger partial charge in [0.15, 0.2) is 0 Å². The van der Waals surface area contributed by atoms with E-state index in [0.29, 0.717) is 40.8 Å². The maximum Gasteiger partial charge on any atom is 0.300 e. The van der Waals surface area contributed by atoms with Crippen molar-refractivity contribution in [2.24, 2.45) is 0 Å². The van der Waals surface area contributed by atoms with E-state index < -0.39 is 17.7 Å². The van der Waals surface area contributed by atoms with Gasteiger partial charge in [0.2, 0.25) is 0 Å². The lowest BCUT2D eigenvalue weighted by molar-refractivity contribution is -0.132. The minimum absolute atomic E-state index is 0.0213. The number of anilines is 1. The van der Waals surface area contributed by atoms with E-state index in [2.05, 4.69) is 0 Å². The van der Waals surface area contributed by atoms with Crippen LogP contribution in [0.15, 0.2) is 72.3 Å². The first-order valence-electron chi connectivity index (χ1n) is 11.0. The molecule has 2 aliphatic heterocycles. The topological polar surface area (TPSA) is 76.1 Å². The van der Waals surface area contributed by atoms with E-state index in [0.717, 1.165) is 17.7 Å². The number of fused-ring (bicyclic) bond motifs is 1. The molecule has 0 saturated carbocycles. The number of hydrogen-bond acceptors (Lipinski definition) is 5. The van der Waals surface area contributed by atoms with Crippen LogP contribution in [0.5, 0.6) is 11.5 Å². The van der Waals surface area contributed by atoms with Gasteiger partial charge in [0.1, 0.15) is 17.3 Å². The highest BCUT2D eigenvalue weighted by Crippen LogP contribution is 2.43. The Bertz CT molecular complexity index is 1310. The number of carbonyl (C=O) groups excluding carboxylic acids is 2. The second-order valence-corrected chi connectivity index (χ2v) is 8.51. The van der Waals surface area contributed by atoms with Crippen molar-refractivity contribution in [3.63, 3.8) is 0 Å². The van der Waals surface area contributed by atoms with Gasteiger partial charge in [-0.15, -0.1) is 0 Å². The molecule has 1 atom stereocenters. The fraction of sp³-hybridized carbons (Fsp3) is 0.185. The molecular weight excluding hydrogens is 454 g/mol. The zero-order chi connectivity index (χ0) is 23.8. The summed E-state index contributed by atoms with van der Waals surface area (Å²) < 4.78 is 11.1. The zero-order valence-corrected chi connectivity index (χ0v) is 19.2. The van der Waals surface area contributed by atoms with Gasteiger partial charge in [-0.05, 0) is 66.6 Å². The number of aliphatic hydroxyl groups is 1. The van der Waals surface area contributed by atoms with E-state index in [1.165, 1.54) is 4.90 Å². The summed E-state index contributed by atoms with van der Waals surface area (Å²) in [6.45, 7) is 2.98. The largest absolute Gasteiger partial charge is 0.507 e. The van der Waals surface area contributed by atoms with Crippen molar-refractivity contribution in [2.75, 3.05) is 18.1 Å². The molecule has 3 aromatic rings. The Hall–Kier alpha value is -3.77. The predicted molar refractivity (Wildman–Crippen MR) is 129 cm³/mol. The van der Waals surface area contributed by atoms with E-state index in [1.54, 1.807) is 66.7 Å². The van der Waals surface area contributed by atoms with Crippen LogP contribution < -0.4 is 14.4 Å². The number of rotatable bonds is 5. The number of ketones is 1. The number of Topliss-reactive ketones (excluding diaryl/α,β-unsaturated/α-hetero) is 1. The molecular formula is C27H22ClNO5. The van der Waals surface area contributed by atoms with Crippen LogP contribution in [0.4, 0.5) is 5.69 Å². The average molecular weight is 476 g/mol. The molecule has 1 fully saturated rings.